The topological polar surface area (TPSA) is 143 Å². The highest BCUT2D eigenvalue weighted by Gasteiger charge is 2.67. The van der Waals surface area contributed by atoms with Crippen LogP contribution < -0.4 is 19.7 Å². The van der Waals surface area contributed by atoms with E-state index >= 15 is 4.79 Å². The first kappa shape index (κ1) is 41.3. The maximum Gasteiger partial charge on any atom is 0.269 e. The lowest BCUT2D eigenvalue weighted by atomic mass is 9.82. The van der Waals surface area contributed by atoms with Crippen LogP contribution in [0.1, 0.15) is 46.0 Å². The first-order valence-corrected chi connectivity index (χ1v) is 24.8. The van der Waals surface area contributed by atoms with E-state index in [-0.39, 0.29) is 48.5 Å². The van der Waals surface area contributed by atoms with Crippen molar-refractivity contribution < 1.29 is 33.9 Å². The first-order chi connectivity index (χ1) is 30.8. The van der Waals surface area contributed by atoms with Crippen LogP contribution in [0.15, 0.2) is 127 Å². The van der Waals surface area contributed by atoms with Crippen molar-refractivity contribution in [2.24, 2.45) is 5.92 Å². The fraction of sp³-hybridized carbons (Fsp3) is 0.275. The molecule has 3 amide bonds. The molecular formula is C51H48N4O8Si. The quantitative estimate of drug-likeness (QED) is 0.0826. The number of rotatable bonds is 10. The number of fused-ring (bicyclic) bond motifs is 3. The van der Waals surface area contributed by atoms with Crippen LogP contribution in [-0.4, -0.2) is 66.6 Å². The first-order valence-electron chi connectivity index (χ1n) is 21.7. The molecule has 6 aromatic rings. The zero-order chi connectivity index (χ0) is 44.7. The molecule has 4 aliphatic heterocycles. The van der Waals surface area contributed by atoms with Crippen LogP contribution in [0.25, 0.3) is 10.8 Å². The Hall–Kier alpha value is -6.67. The number of anilines is 3. The number of ether oxygens (including phenoxy) is 2. The number of nitro benzene ring substituents is 1. The monoisotopic (exact) mass is 872 g/mol. The van der Waals surface area contributed by atoms with E-state index in [0.29, 0.717) is 41.2 Å². The lowest BCUT2D eigenvalue weighted by Gasteiger charge is -2.39. The molecule has 1 fully saturated rings. The molecule has 0 unspecified atom stereocenters. The van der Waals surface area contributed by atoms with Crippen molar-refractivity contribution in [2.75, 3.05) is 23.5 Å². The molecule has 6 aromatic carbocycles. The van der Waals surface area contributed by atoms with E-state index in [1.54, 1.807) is 27.9 Å². The van der Waals surface area contributed by atoms with Gasteiger partial charge in [-0.15, -0.1) is 0 Å². The predicted molar refractivity (Wildman–Crippen MR) is 247 cm³/mol. The van der Waals surface area contributed by atoms with Gasteiger partial charge >= 0.3 is 0 Å². The van der Waals surface area contributed by atoms with E-state index in [0.717, 1.165) is 38.3 Å². The summed E-state index contributed by atoms with van der Waals surface area (Å²) in [5.41, 5.74) is 3.63. The summed E-state index contributed by atoms with van der Waals surface area (Å²) in [6.45, 7) is 6.65. The summed E-state index contributed by atoms with van der Waals surface area (Å²) in [6.07, 6.45) is -0.298. The van der Waals surface area contributed by atoms with Crippen molar-refractivity contribution in [3.63, 3.8) is 0 Å². The number of nitrogens with zero attached hydrogens (tertiary/aromatic N) is 4. The Labute approximate surface area is 371 Å². The molecule has 0 aromatic heterocycles. The van der Waals surface area contributed by atoms with Crippen molar-refractivity contribution in [1.29, 1.82) is 0 Å². The van der Waals surface area contributed by atoms with Gasteiger partial charge in [0.15, 0.2) is 5.60 Å². The van der Waals surface area contributed by atoms with Gasteiger partial charge in [-0.3, -0.25) is 29.4 Å². The fourth-order valence-electron chi connectivity index (χ4n) is 11.3. The number of amides is 3. The number of nitro groups is 1. The molecule has 12 nitrogen and oxygen atoms in total. The van der Waals surface area contributed by atoms with E-state index < -0.39 is 36.7 Å². The van der Waals surface area contributed by atoms with Gasteiger partial charge in [-0.2, -0.15) is 0 Å². The van der Waals surface area contributed by atoms with Gasteiger partial charge in [0.25, 0.3) is 17.5 Å². The molecule has 13 heteroatoms. The minimum absolute atomic E-state index is 0.0550. The standard InChI is InChI=1S/C51H48N4O8Si/c1-31-48(64(3,4)40-21-19-39(62-2)20-22-40)45(27-46(57)52-29-35-12-6-5-11-34(35)25-38(52)30-56)63-51(31)42-26-37(55(60)61)18-23-43(42)53(50(51)59)28-32-10-7-15-36(24-32)54-44-17-9-14-33-13-8-16-41(47(33)44)49(54)58/h5-24,26,31,38,45,48,56H,25,27-30H2,1-4H3/t31-,38+,45+,48-,51+/m1/s1. The van der Waals surface area contributed by atoms with Crippen molar-refractivity contribution in [3.8, 4) is 5.75 Å². The van der Waals surface area contributed by atoms with Gasteiger partial charge in [-0.05, 0) is 76.5 Å². The molecule has 0 bridgehead atoms. The zero-order valence-corrected chi connectivity index (χ0v) is 37.1. The number of carbonyl (C=O) groups is 3. The van der Waals surface area contributed by atoms with Crippen molar-refractivity contribution >= 4 is 64.5 Å². The Balaban J connectivity index is 1.04. The molecule has 0 radical (unpaired) electrons. The summed E-state index contributed by atoms with van der Waals surface area (Å²) in [4.78, 5) is 61.4. The maximum absolute atomic E-state index is 15.6. The molecule has 4 heterocycles. The summed E-state index contributed by atoms with van der Waals surface area (Å²) in [5.74, 6) is -0.526. The molecule has 4 aliphatic rings. The van der Waals surface area contributed by atoms with Crippen molar-refractivity contribution in [3.05, 3.63) is 165 Å². The lowest BCUT2D eigenvalue weighted by Crippen LogP contribution is -2.52. The molecule has 5 atom stereocenters. The second-order valence-electron chi connectivity index (χ2n) is 18.0. The van der Waals surface area contributed by atoms with E-state index in [9.17, 15) is 24.8 Å². The van der Waals surface area contributed by atoms with Crippen LogP contribution in [0, 0.1) is 16.0 Å². The maximum atomic E-state index is 15.6. The van der Waals surface area contributed by atoms with Gasteiger partial charge in [-0.25, -0.2) is 0 Å². The van der Waals surface area contributed by atoms with Crippen molar-refractivity contribution in [1.82, 2.24) is 4.90 Å². The second kappa shape index (κ2) is 15.5. The highest BCUT2D eigenvalue weighted by Crippen LogP contribution is 2.61. The summed E-state index contributed by atoms with van der Waals surface area (Å²) in [5, 5.41) is 25.9. The molecular weight excluding hydrogens is 825 g/mol. The van der Waals surface area contributed by atoms with Crippen LogP contribution in [-0.2, 0) is 39.4 Å². The molecule has 0 saturated carbocycles. The average Bonchev–Trinajstić information content (AvgIpc) is 3.86. The van der Waals surface area contributed by atoms with E-state index in [2.05, 4.69) is 13.1 Å². The summed E-state index contributed by atoms with van der Waals surface area (Å²) in [7, 11) is -1.09. The number of benzene rings is 6. The number of non-ortho nitro benzene ring substituents is 1. The minimum Gasteiger partial charge on any atom is -0.497 e. The van der Waals surface area contributed by atoms with Crippen LogP contribution in [0.4, 0.5) is 22.7 Å². The lowest BCUT2D eigenvalue weighted by molar-refractivity contribution is -0.385. The van der Waals surface area contributed by atoms with Gasteiger partial charge in [0.2, 0.25) is 5.91 Å². The smallest absolute Gasteiger partial charge is 0.269 e. The molecule has 0 aliphatic carbocycles. The summed E-state index contributed by atoms with van der Waals surface area (Å²) in [6, 6.07) is 39.0. The molecule has 64 heavy (non-hydrogen) atoms. The Morgan fingerprint density at radius 1 is 0.906 bits per heavy atom. The molecule has 324 valence electrons. The number of hydrogen-bond acceptors (Lipinski definition) is 8. The number of methoxy groups -OCH3 is 1. The third-order valence-corrected chi connectivity index (χ3v) is 18.7. The Bertz CT molecular complexity index is 2900. The Kier molecular flexibility index (Phi) is 10.0. The molecule has 1 N–H and O–H groups in total. The summed E-state index contributed by atoms with van der Waals surface area (Å²) < 4.78 is 12.7. The van der Waals surface area contributed by atoms with Crippen LogP contribution in [0.2, 0.25) is 18.6 Å². The Morgan fingerprint density at radius 3 is 2.38 bits per heavy atom. The highest BCUT2D eigenvalue weighted by molar-refractivity contribution is 6.91. The number of aliphatic hydroxyl groups is 1. The normalized spacial score (nSPS) is 22.4. The fourth-order valence-corrected chi connectivity index (χ4v) is 15.3. The van der Waals surface area contributed by atoms with Crippen LogP contribution >= 0.6 is 0 Å². The minimum atomic E-state index is -2.70. The van der Waals surface area contributed by atoms with Gasteiger partial charge < -0.3 is 24.4 Å². The number of hydrogen-bond donors (Lipinski definition) is 1. The van der Waals surface area contributed by atoms with Gasteiger partial charge in [0.05, 0.1) is 68.8 Å². The highest BCUT2D eigenvalue weighted by atomic mass is 28.3. The SMILES string of the molecule is COc1ccc([Si](C)(C)[C@H]2[C@H](CC(=O)N3Cc4ccccc4C[C@H]3CO)O[C@@]3(C(=O)N(Cc4cccc(N5C(=O)c6cccc7cccc5c67)c4)c4ccc([N+](=O)[O-])cc43)[C@@H]2C)cc1. The van der Waals surface area contributed by atoms with E-state index in [1.165, 1.54) is 12.1 Å². The molecule has 1 spiro atoms. The average molecular weight is 873 g/mol. The van der Waals surface area contributed by atoms with Gasteiger partial charge in [0, 0.05) is 41.2 Å². The predicted octanol–water partition coefficient (Wildman–Crippen LogP) is 8.15. The Morgan fingerprint density at radius 2 is 1.64 bits per heavy atom. The van der Waals surface area contributed by atoms with E-state index in [1.807, 2.05) is 116 Å². The van der Waals surface area contributed by atoms with E-state index in [4.69, 9.17) is 9.47 Å². The van der Waals surface area contributed by atoms with Gasteiger partial charge in [-0.1, -0.05) is 98.0 Å². The van der Waals surface area contributed by atoms with Crippen LogP contribution in [0.3, 0.4) is 0 Å². The summed E-state index contributed by atoms with van der Waals surface area (Å²) >= 11 is 0. The third kappa shape index (κ3) is 6.35. The van der Waals surface area contributed by atoms with Gasteiger partial charge in [0.1, 0.15) is 5.75 Å². The molecule has 1 saturated heterocycles. The zero-order valence-electron chi connectivity index (χ0n) is 36.1. The number of carbonyl (C=O) groups excluding carboxylic acids is 3. The number of aliphatic hydroxyl groups excluding tert-OH is 1. The van der Waals surface area contributed by atoms with Crippen molar-refractivity contribution in [2.45, 2.75) is 69.2 Å². The largest absolute Gasteiger partial charge is 0.497 e. The molecule has 10 rings (SSSR count). The third-order valence-electron chi connectivity index (χ3n) is 14.4. The van der Waals surface area contributed by atoms with Crippen LogP contribution in [0.5, 0.6) is 5.75 Å². The second-order valence-corrected chi connectivity index (χ2v) is 22.7.